The first kappa shape index (κ1) is 14.3. The van der Waals surface area contributed by atoms with Gasteiger partial charge in [-0.1, -0.05) is 6.92 Å². The number of hydrogen-bond donors (Lipinski definition) is 2. The van der Waals surface area contributed by atoms with E-state index in [2.05, 4.69) is 10.3 Å². The van der Waals surface area contributed by atoms with Gasteiger partial charge in [0.1, 0.15) is 15.6 Å². The fourth-order valence-electron chi connectivity index (χ4n) is 1.68. The number of furan rings is 1. The topological polar surface area (TPSA) is 92.4 Å². The lowest BCUT2D eigenvalue weighted by Gasteiger charge is -2.00. The second-order valence-corrected chi connectivity index (χ2v) is 5.16. The molecule has 20 heavy (non-hydrogen) atoms. The molecule has 2 N–H and O–H groups in total. The second-order valence-electron chi connectivity index (χ2n) is 4.07. The number of thiazole rings is 1. The highest BCUT2D eigenvalue weighted by Crippen LogP contribution is 2.19. The maximum absolute atomic E-state index is 11.8. The van der Waals surface area contributed by atoms with E-state index in [-0.39, 0.29) is 17.2 Å². The molecule has 1 amide bonds. The first-order valence-electron chi connectivity index (χ1n) is 6.11. The molecule has 2 rings (SSSR count). The van der Waals surface area contributed by atoms with Crippen LogP contribution in [0.5, 0.6) is 0 Å². The standard InChI is InChI=1S/C13H14N2O4S/c1-2-9-12(13(17)18)20-11(15-9)6-10(16)14-7-8-4-3-5-19-8/h3-5H,2,6-7H2,1H3,(H,14,16)(H,17,18). The molecule has 0 atom stereocenters. The van der Waals surface area contributed by atoms with Crippen LogP contribution in [0.4, 0.5) is 0 Å². The molecular weight excluding hydrogens is 280 g/mol. The van der Waals surface area contributed by atoms with E-state index in [1.165, 1.54) is 6.26 Å². The molecule has 0 aromatic carbocycles. The van der Waals surface area contributed by atoms with E-state index in [9.17, 15) is 9.59 Å². The SMILES string of the molecule is CCc1nc(CC(=O)NCc2ccco2)sc1C(=O)O. The summed E-state index contributed by atoms with van der Waals surface area (Å²) in [7, 11) is 0. The molecule has 0 unspecified atom stereocenters. The van der Waals surface area contributed by atoms with Gasteiger partial charge in [-0.3, -0.25) is 4.79 Å². The highest BCUT2D eigenvalue weighted by atomic mass is 32.1. The summed E-state index contributed by atoms with van der Waals surface area (Å²) in [4.78, 5) is 27.2. The molecule has 0 saturated heterocycles. The molecule has 0 radical (unpaired) electrons. The van der Waals surface area contributed by atoms with E-state index in [0.717, 1.165) is 11.3 Å². The molecule has 0 saturated carbocycles. The number of carbonyl (C=O) groups excluding carboxylic acids is 1. The number of nitrogens with zero attached hydrogens (tertiary/aromatic N) is 1. The van der Waals surface area contributed by atoms with Crippen LogP contribution < -0.4 is 5.32 Å². The van der Waals surface area contributed by atoms with Gasteiger partial charge >= 0.3 is 5.97 Å². The average Bonchev–Trinajstić information content (AvgIpc) is 3.05. The minimum atomic E-state index is -0.999. The number of amides is 1. The van der Waals surface area contributed by atoms with Crippen LogP contribution in [-0.4, -0.2) is 22.0 Å². The molecular formula is C13H14N2O4S. The summed E-state index contributed by atoms with van der Waals surface area (Å²) in [5.41, 5.74) is 0.524. The highest BCUT2D eigenvalue weighted by Gasteiger charge is 2.17. The third-order valence-corrected chi connectivity index (χ3v) is 3.71. The summed E-state index contributed by atoms with van der Waals surface area (Å²) in [5.74, 6) is -0.547. The van der Waals surface area contributed by atoms with Crippen molar-refractivity contribution in [2.45, 2.75) is 26.3 Å². The quantitative estimate of drug-likeness (QED) is 0.848. The summed E-state index contributed by atoms with van der Waals surface area (Å²) in [6, 6.07) is 3.51. The van der Waals surface area contributed by atoms with Gasteiger partial charge in [0.05, 0.1) is 24.9 Å². The number of carboxylic acids is 1. The Hall–Kier alpha value is -2.15. The zero-order valence-corrected chi connectivity index (χ0v) is 11.7. The number of carbonyl (C=O) groups is 2. The van der Waals surface area contributed by atoms with E-state index in [0.29, 0.717) is 29.4 Å². The largest absolute Gasteiger partial charge is 0.477 e. The van der Waals surface area contributed by atoms with Crippen molar-refractivity contribution in [3.8, 4) is 0 Å². The van der Waals surface area contributed by atoms with Gasteiger partial charge in [-0.15, -0.1) is 11.3 Å². The summed E-state index contributed by atoms with van der Waals surface area (Å²) in [6.07, 6.45) is 2.15. The lowest BCUT2D eigenvalue weighted by Crippen LogP contribution is -2.24. The third kappa shape index (κ3) is 3.45. The summed E-state index contributed by atoms with van der Waals surface area (Å²) in [5, 5.41) is 12.2. The van der Waals surface area contributed by atoms with Crippen LogP contribution in [0.1, 0.15) is 33.1 Å². The zero-order valence-electron chi connectivity index (χ0n) is 10.9. The monoisotopic (exact) mass is 294 g/mol. The van der Waals surface area contributed by atoms with Crippen molar-refractivity contribution in [1.82, 2.24) is 10.3 Å². The van der Waals surface area contributed by atoms with E-state index >= 15 is 0 Å². The molecule has 0 aliphatic heterocycles. The normalized spacial score (nSPS) is 10.4. The number of aromatic nitrogens is 1. The van der Waals surface area contributed by atoms with Crippen molar-refractivity contribution in [3.63, 3.8) is 0 Å². The van der Waals surface area contributed by atoms with Crippen molar-refractivity contribution in [2.75, 3.05) is 0 Å². The van der Waals surface area contributed by atoms with Crippen LogP contribution in [-0.2, 0) is 24.2 Å². The van der Waals surface area contributed by atoms with Gasteiger partial charge in [-0.05, 0) is 18.6 Å². The second kappa shape index (κ2) is 6.33. The predicted octanol–water partition coefficient (Wildman–Crippen LogP) is 1.86. The lowest BCUT2D eigenvalue weighted by atomic mass is 10.3. The minimum Gasteiger partial charge on any atom is -0.477 e. The van der Waals surface area contributed by atoms with Gasteiger partial charge in [0, 0.05) is 0 Å². The van der Waals surface area contributed by atoms with Gasteiger partial charge < -0.3 is 14.8 Å². The molecule has 7 heteroatoms. The Bertz CT molecular complexity index is 604. The molecule has 0 fully saturated rings. The van der Waals surface area contributed by atoms with Crippen molar-refractivity contribution < 1.29 is 19.1 Å². The number of aryl methyl sites for hydroxylation is 1. The van der Waals surface area contributed by atoms with Crippen LogP contribution in [0.3, 0.4) is 0 Å². The van der Waals surface area contributed by atoms with Gasteiger partial charge in [0.2, 0.25) is 5.91 Å². The zero-order chi connectivity index (χ0) is 14.5. The van der Waals surface area contributed by atoms with E-state index in [1.54, 1.807) is 12.1 Å². The minimum absolute atomic E-state index is 0.0751. The molecule has 0 spiro atoms. The summed E-state index contributed by atoms with van der Waals surface area (Å²) >= 11 is 1.05. The molecule has 2 aromatic rings. The number of carboxylic acid groups (broad SMARTS) is 1. The fourth-order valence-corrected chi connectivity index (χ4v) is 2.67. The Kier molecular flexibility index (Phi) is 4.52. The Morgan fingerprint density at radius 1 is 1.50 bits per heavy atom. The molecule has 0 aliphatic rings. The Labute approximate surface area is 119 Å². The summed E-state index contributed by atoms with van der Waals surface area (Å²) in [6.45, 7) is 2.14. The van der Waals surface area contributed by atoms with Gasteiger partial charge in [0.15, 0.2) is 0 Å². The summed E-state index contributed by atoms with van der Waals surface area (Å²) < 4.78 is 5.10. The Morgan fingerprint density at radius 3 is 2.85 bits per heavy atom. The first-order valence-corrected chi connectivity index (χ1v) is 6.92. The third-order valence-electron chi connectivity index (χ3n) is 2.62. The highest BCUT2D eigenvalue weighted by molar-refractivity contribution is 7.13. The predicted molar refractivity (Wildman–Crippen MR) is 72.7 cm³/mol. The van der Waals surface area contributed by atoms with Crippen molar-refractivity contribution in [1.29, 1.82) is 0 Å². The van der Waals surface area contributed by atoms with Crippen LogP contribution >= 0.6 is 11.3 Å². The van der Waals surface area contributed by atoms with Crippen LogP contribution in [0.25, 0.3) is 0 Å². The number of hydrogen-bond acceptors (Lipinski definition) is 5. The molecule has 2 heterocycles. The van der Waals surface area contributed by atoms with Crippen molar-refractivity contribution in [2.24, 2.45) is 0 Å². The van der Waals surface area contributed by atoms with E-state index in [1.807, 2.05) is 6.92 Å². The van der Waals surface area contributed by atoms with Gasteiger partial charge in [-0.2, -0.15) is 0 Å². The van der Waals surface area contributed by atoms with Crippen LogP contribution in [0.15, 0.2) is 22.8 Å². The maximum Gasteiger partial charge on any atom is 0.347 e. The van der Waals surface area contributed by atoms with Crippen LogP contribution in [0.2, 0.25) is 0 Å². The molecule has 106 valence electrons. The molecule has 6 nitrogen and oxygen atoms in total. The molecule has 0 bridgehead atoms. The lowest BCUT2D eigenvalue weighted by molar-refractivity contribution is -0.120. The molecule has 0 aliphatic carbocycles. The fraction of sp³-hybridized carbons (Fsp3) is 0.308. The maximum atomic E-state index is 11.8. The molecule has 2 aromatic heterocycles. The first-order chi connectivity index (χ1) is 9.60. The van der Waals surface area contributed by atoms with Crippen molar-refractivity contribution in [3.05, 3.63) is 39.7 Å². The van der Waals surface area contributed by atoms with E-state index < -0.39 is 5.97 Å². The van der Waals surface area contributed by atoms with E-state index in [4.69, 9.17) is 9.52 Å². The van der Waals surface area contributed by atoms with Gasteiger partial charge in [-0.25, -0.2) is 9.78 Å². The van der Waals surface area contributed by atoms with Gasteiger partial charge in [0.25, 0.3) is 0 Å². The Morgan fingerprint density at radius 2 is 2.30 bits per heavy atom. The number of rotatable bonds is 6. The Balaban J connectivity index is 1.95. The number of nitrogens with one attached hydrogen (secondary N) is 1. The number of aromatic carboxylic acids is 1. The average molecular weight is 294 g/mol. The van der Waals surface area contributed by atoms with Crippen molar-refractivity contribution >= 4 is 23.2 Å². The van der Waals surface area contributed by atoms with Crippen LogP contribution in [0, 0.1) is 0 Å². The smallest absolute Gasteiger partial charge is 0.347 e.